The van der Waals surface area contributed by atoms with Crippen LogP contribution in [0, 0.1) is 0 Å². The standard InChI is InChI=1S/C11H21NO4/c1-8-7-9(10(13)11(14-2)16-8)12-3-5-15-6-4-12/h8-11,13H,3-7H2,1-2H3/t8-,9+,10-,11+/m1/s1. The molecule has 0 bridgehead atoms. The van der Waals surface area contributed by atoms with Crippen LogP contribution in [0.1, 0.15) is 13.3 Å². The van der Waals surface area contributed by atoms with E-state index in [0.29, 0.717) is 0 Å². The van der Waals surface area contributed by atoms with Gasteiger partial charge < -0.3 is 19.3 Å². The summed E-state index contributed by atoms with van der Waals surface area (Å²) in [5.74, 6) is 0. The smallest absolute Gasteiger partial charge is 0.184 e. The zero-order valence-corrected chi connectivity index (χ0v) is 9.96. The summed E-state index contributed by atoms with van der Waals surface area (Å²) < 4.78 is 16.0. The molecule has 94 valence electrons. The van der Waals surface area contributed by atoms with Crippen LogP contribution in [-0.4, -0.2) is 68.0 Å². The van der Waals surface area contributed by atoms with Crippen molar-refractivity contribution in [3.63, 3.8) is 0 Å². The first-order valence-corrected chi connectivity index (χ1v) is 5.90. The lowest BCUT2D eigenvalue weighted by Gasteiger charge is -2.44. The molecular formula is C11H21NO4. The second-order valence-corrected chi connectivity index (χ2v) is 4.49. The van der Waals surface area contributed by atoms with Gasteiger partial charge in [-0.2, -0.15) is 0 Å². The summed E-state index contributed by atoms with van der Waals surface area (Å²) in [5, 5.41) is 10.2. The predicted octanol–water partition coefficient (Wildman–Crippen LogP) is -0.171. The summed E-state index contributed by atoms with van der Waals surface area (Å²) in [6.45, 7) is 5.27. The number of ether oxygens (including phenoxy) is 3. The highest BCUT2D eigenvalue weighted by Crippen LogP contribution is 2.25. The van der Waals surface area contributed by atoms with E-state index >= 15 is 0 Å². The third-order valence-corrected chi connectivity index (χ3v) is 3.36. The van der Waals surface area contributed by atoms with Gasteiger partial charge in [0.2, 0.25) is 0 Å². The first-order valence-electron chi connectivity index (χ1n) is 5.90. The van der Waals surface area contributed by atoms with Crippen molar-refractivity contribution in [1.29, 1.82) is 0 Å². The summed E-state index contributed by atoms with van der Waals surface area (Å²) in [5.41, 5.74) is 0. The SMILES string of the molecule is CO[C@H]1O[C@H](C)C[C@H](N2CCOCC2)[C@H]1O. The lowest BCUT2D eigenvalue weighted by atomic mass is 9.98. The fraction of sp³-hybridized carbons (Fsp3) is 1.00. The number of rotatable bonds is 2. The van der Waals surface area contributed by atoms with Crippen molar-refractivity contribution in [3.8, 4) is 0 Å². The Labute approximate surface area is 96.3 Å². The summed E-state index contributed by atoms with van der Waals surface area (Å²) >= 11 is 0. The molecule has 2 fully saturated rings. The number of nitrogens with zero attached hydrogens (tertiary/aromatic N) is 1. The van der Waals surface area contributed by atoms with Gasteiger partial charge in [-0.25, -0.2) is 0 Å². The molecule has 0 aromatic heterocycles. The summed E-state index contributed by atoms with van der Waals surface area (Å²) in [6, 6.07) is 0.123. The van der Waals surface area contributed by atoms with Gasteiger partial charge in [-0.05, 0) is 13.3 Å². The Balaban J connectivity index is 2.00. The van der Waals surface area contributed by atoms with E-state index < -0.39 is 12.4 Å². The number of hydrogen-bond acceptors (Lipinski definition) is 5. The molecule has 1 N–H and O–H groups in total. The van der Waals surface area contributed by atoms with Gasteiger partial charge in [-0.3, -0.25) is 4.90 Å². The summed E-state index contributed by atoms with van der Waals surface area (Å²) in [7, 11) is 1.57. The number of methoxy groups -OCH3 is 1. The molecule has 2 heterocycles. The van der Waals surface area contributed by atoms with Crippen molar-refractivity contribution in [2.45, 2.75) is 37.9 Å². The average Bonchev–Trinajstić information content (AvgIpc) is 2.33. The summed E-state index contributed by atoms with van der Waals surface area (Å²) in [6.07, 6.45) is -0.0989. The van der Waals surface area contributed by atoms with Gasteiger partial charge in [0.25, 0.3) is 0 Å². The largest absolute Gasteiger partial charge is 0.386 e. The summed E-state index contributed by atoms with van der Waals surface area (Å²) in [4.78, 5) is 2.28. The molecule has 16 heavy (non-hydrogen) atoms. The van der Waals surface area contributed by atoms with Crippen LogP contribution in [0.5, 0.6) is 0 Å². The van der Waals surface area contributed by atoms with E-state index in [4.69, 9.17) is 14.2 Å². The second kappa shape index (κ2) is 5.42. The van der Waals surface area contributed by atoms with E-state index in [2.05, 4.69) is 4.90 Å². The lowest BCUT2D eigenvalue weighted by Crippen LogP contribution is -2.58. The number of aliphatic hydroxyl groups excluding tert-OH is 1. The molecule has 2 saturated heterocycles. The van der Waals surface area contributed by atoms with Crippen LogP contribution in [0.4, 0.5) is 0 Å². The van der Waals surface area contributed by atoms with Crippen molar-refractivity contribution in [3.05, 3.63) is 0 Å². The molecule has 5 nitrogen and oxygen atoms in total. The number of hydrogen-bond donors (Lipinski definition) is 1. The van der Waals surface area contributed by atoms with Crippen LogP contribution < -0.4 is 0 Å². The minimum absolute atomic E-state index is 0.123. The van der Waals surface area contributed by atoms with Crippen LogP contribution in [0.25, 0.3) is 0 Å². The van der Waals surface area contributed by atoms with Crippen LogP contribution in [0.3, 0.4) is 0 Å². The topological polar surface area (TPSA) is 51.2 Å². The maximum absolute atomic E-state index is 10.2. The first kappa shape index (κ1) is 12.3. The third kappa shape index (κ3) is 2.55. The van der Waals surface area contributed by atoms with Crippen molar-refractivity contribution in [2.24, 2.45) is 0 Å². The highest BCUT2D eigenvalue weighted by Gasteiger charge is 2.39. The van der Waals surface area contributed by atoms with Crippen molar-refractivity contribution < 1.29 is 19.3 Å². The van der Waals surface area contributed by atoms with Crippen LogP contribution in [0.15, 0.2) is 0 Å². The predicted molar refractivity (Wildman–Crippen MR) is 58.1 cm³/mol. The van der Waals surface area contributed by atoms with Crippen molar-refractivity contribution >= 4 is 0 Å². The van der Waals surface area contributed by atoms with E-state index in [1.54, 1.807) is 7.11 Å². The number of morpholine rings is 1. The maximum Gasteiger partial charge on any atom is 0.184 e. The normalized spacial score (nSPS) is 42.2. The molecule has 2 aliphatic rings. The Morgan fingerprint density at radius 2 is 2.00 bits per heavy atom. The molecule has 0 amide bonds. The monoisotopic (exact) mass is 231 g/mol. The molecule has 5 heteroatoms. The Morgan fingerprint density at radius 3 is 2.62 bits per heavy atom. The molecule has 2 rings (SSSR count). The second-order valence-electron chi connectivity index (χ2n) is 4.49. The lowest BCUT2D eigenvalue weighted by molar-refractivity contribution is -0.247. The molecule has 0 radical (unpaired) electrons. The highest BCUT2D eigenvalue weighted by molar-refractivity contribution is 4.88. The zero-order chi connectivity index (χ0) is 11.5. The van der Waals surface area contributed by atoms with Gasteiger partial charge in [-0.15, -0.1) is 0 Å². The third-order valence-electron chi connectivity index (χ3n) is 3.36. The first-order chi connectivity index (χ1) is 7.72. The van der Waals surface area contributed by atoms with E-state index in [-0.39, 0.29) is 12.1 Å². The van der Waals surface area contributed by atoms with Gasteiger partial charge in [0, 0.05) is 26.2 Å². The van der Waals surface area contributed by atoms with E-state index in [0.717, 1.165) is 32.7 Å². The Morgan fingerprint density at radius 1 is 1.31 bits per heavy atom. The Hall–Kier alpha value is -0.200. The zero-order valence-electron chi connectivity index (χ0n) is 9.96. The highest BCUT2D eigenvalue weighted by atomic mass is 16.7. The van der Waals surface area contributed by atoms with Gasteiger partial charge in [0.1, 0.15) is 6.10 Å². The van der Waals surface area contributed by atoms with Gasteiger partial charge in [0.05, 0.1) is 19.3 Å². The molecule has 0 aromatic rings. The quantitative estimate of drug-likeness (QED) is 0.715. The average molecular weight is 231 g/mol. The molecule has 0 aromatic carbocycles. The minimum atomic E-state index is -0.570. The fourth-order valence-electron chi connectivity index (χ4n) is 2.50. The Bertz CT molecular complexity index is 218. The fourth-order valence-corrected chi connectivity index (χ4v) is 2.50. The van der Waals surface area contributed by atoms with E-state index in [9.17, 15) is 5.11 Å². The molecule has 4 atom stereocenters. The molecule has 0 unspecified atom stereocenters. The molecular weight excluding hydrogens is 210 g/mol. The molecule has 0 aliphatic carbocycles. The minimum Gasteiger partial charge on any atom is -0.386 e. The molecule has 0 saturated carbocycles. The number of aliphatic hydroxyl groups is 1. The van der Waals surface area contributed by atoms with Crippen LogP contribution in [-0.2, 0) is 14.2 Å². The van der Waals surface area contributed by atoms with E-state index in [1.807, 2.05) is 6.92 Å². The van der Waals surface area contributed by atoms with Crippen LogP contribution >= 0.6 is 0 Å². The van der Waals surface area contributed by atoms with Crippen molar-refractivity contribution in [1.82, 2.24) is 4.90 Å². The van der Waals surface area contributed by atoms with Crippen LogP contribution in [0.2, 0.25) is 0 Å². The molecule has 2 aliphatic heterocycles. The van der Waals surface area contributed by atoms with E-state index in [1.165, 1.54) is 0 Å². The maximum atomic E-state index is 10.2. The Kier molecular flexibility index (Phi) is 4.16. The van der Waals surface area contributed by atoms with Gasteiger partial charge in [0.15, 0.2) is 6.29 Å². The molecule has 0 spiro atoms. The van der Waals surface area contributed by atoms with Gasteiger partial charge in [-0.1, -0.05) is 0 Å². The van der Waals surface area contributed by atoms with Crippen molar-refractivity contribution in [2.75, 3.05) is 33.4 Å². The van der Waals surface area contributed by atoms with Gasteiger partial charge >= 0.3 is 0 Å².